The number of carbonyl (C=O) groups is 1. The van der Waals surface area contributed by atoms with Gasteiger partial charge in [0.1, 0.15) is 5.75 Å². The van der Waals surface area contributed by atoms with Gasteiger partial charge in [-0.2, -0.15) is 0 Å². The molecule has 4 nitrogen and oxygen atoms in total. The number of amides is 1. The molecule has 104 valence electrons. The molecule has 0 saturated carbocycles. The third kappa shape index (κ3) is 3.73. The lowest BCUT2D eigenvalue weighted by molar-refractivity contribution is 0.0926. The first-order valence-electron chi connectivity index (χ1n) is 6.16. The van der Waals surface area contributed by atoms with Crippen LogP contribution in [-0.2, 0) is 0 Å². The van der Waals surface area contributed by atoms with Crippen LogP contribution in [0.1, 0.15) is 23.2 Å². The highest BCUT2D eigenvalue weighted by Gasteiger charge is 2.20. The van der Waals surface area contributed by atoms with Gasteiger partial charge in [-0.3, -0.25) is 4.79 Å². The molecular weight excluding hydrogens is 379 g/mol. The first kappa shape index (κ1) is 14.9. The molecule has 1 aromatic rings. The van der Waals surface area contributed by atoms with E-state index in [1.165, 1.54) is 0 Å². The zero-order valence-electron chi connectivity index (χ0n) is 10.6. The topological polar surface area (TPSA) is 50.4 Å². The van der Waals surface area contributed by atoms with Crippen LogP contribution in [0.2, 0.25) is 5.02 Å². The molecule has 1 aliphatic heterocycles. The Hall–Kier alpha value is -0.530. The van der Waals surface area contributed by atoms with Crippen LogP contribution in [0.3, 0.4) is 0 Å². The highest BCUT2D eigenvalue weighted by atomic mass is 127. The molecule has 1 saturated heterocycles. The molecule has 1 amide bonds. The van der Waals surface area contributed by atoms with Crippen molar-refractivity contribution in [1.29, 1.82) is 0 Å². The predicted molar refractivity (Wildman–Crippen MR) is 84.1 cm³/mol. The van der Waals surface area contributed by atoms with Gasteiger partial charge in [0.05, 0.1) is 17.7 Å². The van der Waals surface area contributed by atoms with Crippen molar-refractivity contribution < 1.29 is 9.53 Å². The van der Waals surface area contributed by atoms with Crippen LogP contribution in [0.15, 0.2) is 12.1 Å². The van der Waals surface area contributed by atoms with E-state index in [9.17, 15) is 4.79 Å². The van der Waals surface area contributed by atoms with Crippen LogP contribution in [-0.4, -0.2) is 32.1 Å². The summed E-state index contributed by atoms with van der Waals surface area (Å²) in [6.45, 7) is 1.88. The van der Waals surface area contributed by atoms with Crippen molar-refractivity contribution in [3.05, 3.63) is 26.3 Å². The van der Waals surface area contributed by atoms with Crippen molar-refractivity contribution in [3.8, 4) is 5.75 Å². The lowest BCUT2D eigenvalue weighted by atomic mass is 10.1. The molecule has 0 radical (unpaired) electrons. The molecule has 0 aliphatic carbocycles. The third-order valence-electron chi connectivity index (χ3n) is 3.16. The van der Waals surface area contributed by atoms with Crippen molar-refractivity contribution in [2.75, 3.05) is 20.2 Å². The van der Waals surface area contributed by atoms with Gasteiger partial charge in [-0.1, -0.05) is 11.6 Å². The Balaban J connectivity index is 2.15. The van der Waals surface area contributed by atoms with E-state index < -0.39 is 0 Å². The number of ether oxygens (including phenoxy) is 1. The summed E-state index contributed by atoms with van der Waals surface area (Å²) < 4.78 is 6.12. The average Bonchev–Trinajstić information content (AvgIpc) is 2.42. The smallest absolute Gasteiger partial charge is 0.255 e. The zero-order valence-corrected chi connectivity index (χ0v) is 13.5. The van der Waals surface area contributed by atoms with Crippen LogP contribution in [0, 0.1) is 3.57 Å². The van der Waals surface area contributed by atoms with Gasteiger partial charge in [-0.25, -0.2) is 0 Å². The van der Waals surface area contributed by atoms with Crippen LogP contribution >= 0.6 is 34.2 Å². The van der Waals surface area contributed by atoms with E-state index in [0.717, 1.165) is 29.5 Å². The molecule has 19 heavy (non-hydrogen) atoms. The number of benzene rings is 1. The zero-order chi connectivity index (χ0) is 13.8. The summed E-state index contributed by atoms with van der Waals surface area (Å²) in [5.74, 6) is 0.433. The van der Waals surface area contributed by atoms with Crippen molar-refractivity contribution in [2.45, 2.75) is 18.9 Å². The van der Waals surface area contributed by atoms with E-state index in [-0.39, 0.29) is 11.9 Å². The summed E-state index contributed by atoms with van der Waals surface area (Å²) in [5, 5.41) is 6.87. The van der Waals surface area contributed by atoms with Crippen LogP contribution < -0.4 is 15.4 Å². The van der Waals surface area contributed by atoms with Crippen molar-refractivity contribution in [2.24, 2.45) is 0 Å². The molecule has 1 aliphatic rings. The number of hydrogen-bond acceptors (Lipinski definition) is 3. The maximum atomic E-state index is 12.3. The summed E-state index contributed by atoms with van der Waals surface area (Å²) in [6, 6.07) is 3.66. The van der Waals surface area contributed by atoms with Crippen LogP contribution in [0.25, 0.3) is 0 Å². The predicted octanol–water partition coefficient (Wildman–Crippen LogP) is 2.44. The number of halogens is 2. The number of rotatable bonds is 3. The Morgan fingerprint density at radius 1 is 1.47 bits per heavy atom. The molecule has 0 spiro atoms. The second-order valence-corrected chi connectivity index (χ2v) is 6.03. The normalized spacial score (nSPS) is 16.2. The Morgan fingerprint density at radius 2 is 2.16 bits per heavy atom. The molecule has 0 unspecified atom stereocenters. The van der Waals surface area contributed by atoms with Gasteiger partial charge in [0.25, 0.3) is 5.91 Å². The highest BCUT2D eigenvalue weighted by molar-refractivity contribution is 14.1. The Kier molecular flexibility index (Phi) is 5.29. The summed E-state index contributed by atoms with van der Waals surface area (Å²) in [7, 11) is 1.56. The standard InChI is InChI=1S/C13H16ClIN2O2/c1-19-12-7-11(15)10(14)6-9(12)13(18)17-8-2-4-16-5-3-8/h6-8,16H,2-5H2,1H3,(H,17,18). The SMILES string of the molecule is COc1cc(I)c(Cl)cc1C(=O)NC1CCNCC1. The van der Waals surface area contributed by atoms with Gasteiger partial charge in [-0.05, 0) is 60.7 Å². The minimum atomic E-state index is -0.123. The van der Waals surface area contributed by atoms with Gasteiger partial charge in [0, 0.05) is 9.61 Å². The molecule has 6 heteroatoms. The van der Waals surface area contributed by atoms with Crippen molar-refractivity contribution in [1.82, 2.24) is 10.6 Å². The number of methoxy groups -OCH3 is 1. The summed E-state index contributed by atoms with van der Waals surface area (Å²) in [5.41, 5.74) is 0.492. The Bertz CT molecular complexity index is 476. The third-order valence-corrected chi connectivity index (χ3v) is 4.69. The lowest BCUT2D eigenvalue weighted by Gasteiger charge is -2.24. The quantitative estimate of drug-likeness (QED) is 0.774. The summed E-state index contributed by atoms with van der Waals surface area (Å²) in [4.78, 5) is 12.3. The Morgan fingerprint density at radius 3 is 2.79 bits per heavy atom. The minimum absolute atomic E-state index is 0.123. The summed E-state index contributed by atoms with van der Waals surface area (Å²) in [6.07, 6.45) is 1.90. The second-order valence-electron chi connectivity index (χ2n) is 4.46. The highest BCUT2D eigenvalue weighted by Crippen LogP contribution is 2.28. The maximum absolute atomic E-state index is 12.3. The van der Waals surface area contributed by atoms with E-state index in [1.54, 1.807) is 19.2 Å². The van der Waals surface area contributed by atoms with Gasteiger partial charge < -0.3 is 15.4 Å². The summed E-state index contributed by atoms with van der Waals surface area (Å²) >= 11 is 8.19. The van der Waals surface area contributed by atoms with E-state index in [0.29, 0.717) is 16.3 Å². The monoisotopic (exact) mass is 394 g/mol. The molecule has 0 aromatic heterocycles. The first-order chi connectivity index (χ1) is 9.11. The van der Waals surface area contributed by atoms with Gasteiger partial charge >= 0.3 is 0 Å². The molecule has 1 fully saturated rings. The van der Waals surface area contributed by atoms with Crippen molar-refractivity contribution >= 4 is 40.1 Å². The molecular formula is C13H16ClIN2O2. The van der Waals surface area contributed by atoms with Gasteiger partial charge in [0.2, 0.25) is 0 Å². The van der Waals surface area contributed by atoms with Gasteiger partial charge in [-0.15, -0.1) is 0 Å². The van der Waals surface area contributed by atoms with E-state index >= 15 is 0 Å². The van der Waals surface area contributed by atoms with Crippen LogP contribution in [0.5, 0.6) is 5.75 Å². The van der Waals surface area contributed by atoms with Gasteiger partial charge in [0.15, 0.2) is 0 Å². The molecule has 2 N–H and O–H groups in total. The number of carbonyl (C=O) groups excluding carboxylic acids is 1. The molecule has 0 atom stereocenters. The number of nitrogens with one attached hydrogen (secondary N) is 2. The maximum Gasteiger partial charge on any atom is 0.255 e. The first-order valence-corrected chi connectivity index (χ1v) is 7.62. The number of piperidine rings is 1. The van der Waals surface area contributed by atoms with Crippen LogP contribution in [0.4, 0.5) is 0 Å². The lowest BCUT2D eigenvalue weighted by Crippen LogP contribution is -2.42. The van der Waals surface area contributed by atoms with E-state index in [4.69, 9.17) is 16.3 Å². The fourth-order valence-corrected chi connectivity index (χ4v) is 2.71. The fourth-order valence-electron chi connectivity index (χ4n) is 2.10. The molecule has 2 rings (SSSR count). The van der Waals surface area contributed by atoms with E-state index in [2.05, 4.69) is 33.2 Å². The minimum Gasteiger partial charge on any atom is -0.496 e. The molecule has 0 bridgehead atoms. The second kappa shape index (κ2) is 6.76. The van der Waals surface area contributed by atoms with E-state index in [1.807, 2.05) is 0 Å². The average molecular weight is 395 g/mol. The Labute approximate surface area is 131 Å². The molecule has 1 heterocycles. The number of hydrogen-bond donors (Lipinski definition) is 2. The molecule has 1 aromatic carbocycles. The fraction of sp³-hybridized carbons (Fsp3) is 0.462. The van der Waals surface area contributed by atoms with Crippen molar-refractivity contribution in [3.63, 3.8) is 0 Å². The largest absolute Gasteiger partial charge is 0.496 e.